The molecule has 0 bridgehead atoms. The van der Waals surface area contributed by atoms with E-state index in [-0.39, 0.29) is 10.5 Å². The third-order valence-corrected chi connectivity index (χ3v) is 4.58. The summed E-state index contributed by atoms with van der Waals surface area (Å²) < 4.78 is 23.9. The van der Waals surface area contributed by atoms with E-state index in [2.05, 4.69) is 0 Å². The molecule has 7 heteroatoms. The fourth-order valence-electron chi connectivity index (χ4n) is 1.38. The van der Waals surface area contributed by atoms with Crippen molar-refractivity contribution in [3.8, 4) is 0 Å². The van der Waals surface area contributed by atoms with Crippen molar-refractivity contribution in [2.45, 2.75) is 23.5 Å². The van der Waals surface area contributed by atoms with Crippen molar-refractivity contribution in [3.05, 3.63) is 29.8 Å². The van der Waals surface area contributed by atoms with Crippen molar-refractivity contribution in [2.75, 3.05) is 0 Å². The Morgan fingerprint density at radius 3 is 2.06 bits per heavy atom. The quantitative estimate of drug-likeness (QED) is 0.828. The van der Waals surface area contributed by atoms with Gasteiger partial charge in [-0.2, -0.15) is 0 Å². The number of carbonyl (C=O) groups is 2. The van der Waals surface area contributed by atoms with Crippen molar-refractivity contribution in [1.82, 2.24) is 0 Å². The molecule has 1 atom stereocenters. The van der Waals surface area contributed by atoms with Crippen LogP contribution in [0.1, 0.15) is 23.7 Å². The Balaban J connectivity index is 3.05. The lowest BCUT2D eigenvalue weighted by Gasteiger charge is -2.10. The Morgan fingerprint density at radius 2 is 1.67 bits per heavy atom. The molecule has 0 radical (unpaired) electrons. The predicted octanol–water partition coefficient (Wildman–Crippen LogP) is 1.02. The largest absolute Gasteiger partial charge is 0.481 e. The number of carboxylic acids is 2. The second-order valence-corrected chi connectivity index (χ2v) is 6.15. The van der Waals surface area contributed by atoms with Gasteiger partial charge in [-0.25, -0.2) is 13.2 Å². The fraction of sp³-hybridized carbons (Fsp3) is 0.273. The highest BCUT2D eigenvalue weighted by atomic mass is 32.2. The molecular formula is C11H12O6S. The Morgan fingerprint density at radius 1 is 1.17 bits per heavy atom. The third kappa shape index (κ3) is 3.07. The topological polar surface area (TPSA) is 109 Å². The summed E-state index contributed by atoms with van der Waals surface area (Å²) in [4.78, 5) is 21.0. The van der Waals surface area contributed by atoms with E-state index in [1.165, 1.54) is 19.1 Å². The molecule has 0 fully saturated rings. The maximum atomic E-state index is 11.9. The third-order valence-electron chi connectivity index (χ3n) is 2.42. The highest BCUT2D eigenvalue weighted by molar-refractivity contribution is 7.92. The lowest BCUT2D eigenvalue weighted by molar-refractivity contribution is -0.136. The second-order valence-electron chi connectivity index (χ2n) is 3.78. The van der Waals surface area contributed by atoms with Gasteiger partial charge in [-0.3, -0.25) is 4.79 Å². The van der Waals surface area contributed by atoms with Crippen molar-refractivity contribution in [3.63, 3.8) is 0 Å². The zero-order valence-corrected chi connectivity index (χ0v) is 10.3. The highest BCUT2D eigenvalue weighted by Gasteiger charge is 2.25. The number of aromatic carboxylic acids is 1. The van der Waals surface area contributed by atoms with Crippen LogP contribution in [-0.4, -0.2) is 35.8 Å². The summed E-state index contributed by atoms with van der Waals surface area (Å²) in [6, 6.07) is 4.67. The van der Waals surface area contributed by atoms with E-state index in [9.17, 15) is 18.0 Å². The minimum atomic E-state index is -3.75. The number of carboxylic acid groups (broad SMARTS) is 2. The Bertz CT molecular complexity index is 558. The van der Waals surface area contributed by atoms with Gasteiger partial charge in [-0.1, -0.05) is 0 Å². The maximum absolute atomic E-state index is 11.9. The fourth-order valence-corrected chi connectivity index (χ4v) is 2.72. The number of hydrogen-bond donors (Lipinski definition) is 2. The van der Waals surface area contributed by atoms with Crippen LogP contribution < -0.4 is 0 Å². The smallest absolute Gasteiger partial charge is 0.335 e. The van der Waals surface area contributed by atoms with Gasteiger partial charge in [0.05, 0.1) is 22.1 Å². The van der Waals surface area contributed by atoms with E-state index in [0.717, 1.165) is 12.1 Å². The van der Waals surface area contributed by atoms with Crippen LogP contribution in [0.3, 0.4) is 0 Å². The molecule has 0 spiro atoms. The SMILES string of the molecule is CC(CC(=O)O)S(=O)(=O)c1ccc(C(=O)O)cc1. The van der Waals surface area contributed by atoms with Gasteiger partial charge in [0, 0.05) is 0 Å². The summed E-state index contributed by atoms with van der Waals surface area (Å²) >= 11 is 0. The molecule has 0 aliphatic carbocycles. The standard InChI is InChI=1S/C11H12O6S/c1-7(6-10(12)13)18(16,17)9-4-2-8(3-5-9)11(14)15/h2-5,7H,6H2,1H3,(H,12,13)(H,14,15). The van der Waals surface area contributed by atoms with E-state index in [1.807, 2.05) is 0 Å². The van der Waals surface area contributed by atoms with Crippen molar-refractivity contribution in [2.24, 2.45) is 0 Å². The lowest BCUT2D eigenvalue weighted by atomic mass is 10.2. The summed E-state index contributed by atoms with van der Waals surface area (Å²) in [7, 11) is -3.75. The molecular weight excluding hydrogens is 260 g/mol. The van der Waals surface area contributed by atoms with E-state index < -0.39 is 33.4 Å². The minimum Gasteiger partial charge on any atom is -0.481 e. The van der Waals surface area contributed by atoms with E-state index in [4.69, 9.17) is 10.2 Å². The summed E-state index contributed by atoms with van der Waals surface area (Å²) in [5.41, 5.74) is -0.0279. The predicted molar refractivity (Wildman–Crippen MR) is 62.3 cm³/mol. The second kappa shape index (κ2) is 5.18. The van der Waals surface area contributed by atoms with Crippen LogP contribution >= 0.6 is 0 Å². The van der Waals surface area contributed by atoms with Gasteiger partial charge in [0.15, 0.2) is 9.84 Å². The van der Waals surface area contributed by atoms with Gasteiger partial charge < -0.3 is 10.2 Å². The van der Waals surface area contributed by atoms with Gasteiger partial charge in [-0.15, -0.1) is 0 Å². The van der Waals surface area contributed by atoms with E-state index in [1.54, 1.807) is 0 Å². The molecule has 98 valence electrons. The molecule has 1 aromatic rings. The van der Waals surface area contributed by atoms with Crippen molar-refractivity contribution in [1.29, 1.82) is 0 Å². The Hall–Kier alpha value is -1.89. The maximum Gasteiger partial charge on any atom is 0.335 e. The summed E-state index contributed by atoms with van der Waals surface area (Å²) in [5, 5.41) is 16.2. The highest BCUT2D eigenvalue weighted by Crippen LogP contribution is 2.18. The Kier molecular flexibility index (Phi) is 4.07. The number of hydrogen-bond acceptors (Lipinski definition) is 4. The van der Waals surface area contributed by atoms with Gasteiger partial charge in [0.1, 0.15) is 0 Å². The van der Waals surface area contributed by atoms with Crippen LogP contribution in [0.2, 0.25) is 0 Å². The molecule has 6 nitrogen and oxygen atoms in total. The van der Waals surface area contributed by atoms with Crippen LogP contribution in [0.15, 0.2) is 29.2 Å². The van der Waals surface area contributed by atoms with Gasteiger partial charge in [0.25, 0.3) is 0 Å². The van der Waals surface area contributed by atoms with Crippen LogP contribution in [-0.2, 0) is 14.6 Å². The molecule has 1 aromatic carbocycles. The minimum absolute atomic E-state index is 0.0279. The first kappa shape index (κ1) is 14.2. The van der Waals surface area contributed by atoms with Gasteiger partial charge in [-0.05, 0) is 31.2 Å². The molecule has 2 N–H and O–H groups in total. The summed E-state index contributed by atoms with van der Waals surface area (Å²) in [6.45, 7) is 1.30. The number of aliphatic carboxylic acids is 1. The van der Waals surface area contributed by atoms with Crippen molar-refractivity contribution < 1.29 is 28.2 Å². The number of rotatable bonds is 5. The first-order valence-corrected chi connectivity index (χ1v) is 6.59. The number of sulfone groups is 1. The zero-order valence-electron chi connectivity index (χ0n) is 9.53. The number of benzene rings is 1. The first-order valence-electron chi connectivity index (χ1n) is 5.04. The normalized spacial score (nSPS) is 12.9. The van der Waals surface area contributed by atoms with Crippen molar-refractivity contribution >= 4 is 21.8 Å². The van der Waals surface area contributed by atoms with Crippen LogP contribution in [0, 0.1) is 0 Å². The molecule has 18 heavy (non-hydrogen) atoms. The van der Waals surface area contributed by atoms with E-state index >= 15 is 0 Å². The first-order chi connectivity index (χ1) is 8.25. The monoisotopic (exact) mass is 272 g/mol. The summed E-state index contributed by atoms with van der Waals surface area (Å²) in [6.07, 6.45) is -0.497. The average molecular weight is 272 g/mol. The Labute approximate surface area is 104 Å². The molecule has 0 saturated heterocycles. The molecule has 0 saturated carbocycles. The lowest BCUT2D eigenvalue weighted by Crippen LogP contribution is -2.21. The van der Waals surface area contributed by atoms with Gasteiger partial charge in [0.2, 0.25) is 0 Å². The summed E-state index contributed by atoms with van der Waals surface area (Å²) in [5.74, 6) is -2.36. The van der Waals surface area contributed by atoms with Crippen LogP contribution in [0.25, 0.3) is 0 Å². The van der Waals surface area contributed by atoms with E-state index in [0.29, 0.717) is 0 Å². The van der Waals surface area contributed by atoms with Gasteiger partial charge >= 0.3 is 11.9 Å². The van der Waals surface area contributed by atoms with Crippen LogP contribution in [0.4, 0.5) is 0 Å². The van der Waals surface area contributed by atoms with Crippen LogP contribution in [0.5, 0.6) is 0 Å². The molecule has 0 heterocycles. The zero-order chi connectivity index (χ0) is 13.9. The molecule has 0 aliphatic heterocycles. The molecule has 1 unspecified atom stereocenters. The average Bonchev–Trinajstić information content (AvgIpc) is 2.28. The molecule has 1 rings (SSSR count). The molecule has 0 aliphatic rings. The molecule has 0 amide bonds. The molecule has 0 aromatic heterocycles.